The topological polar surface area (TPSA) is 46.2 Å². The minimum Gasteiger partial charge on any atom is -0.206 e. The number of thiophene rings is 1. The summed E-state index contributed by atoms with van der Waals surface area (Å²) in [5, 5.41) is 0.563. The van der Waals surface area contributed by atoms with Crippen LogP contribution in [0.2, 0.25) is 4.34 Å². The first kappa shape index (κ1) is 15.4. The summed E-state index contributed by atoms with van der Waals surface area (Å²) in [4.78, 5) is 0. The van der Waals surface area contributed by atoms with Crippen molar-refractivity contribution in [3.8, 4) is 0 Å². The fourth-order valence-corrected chi connectivity index (χ4v) is 5.04. The van der Waals surface area contributed by atoms with E-state index in [1.54, 1.807) is 13.0 Å². The molecule has 0 radical (unpaired) electrons. The quantitative estimate of drug-likeness (QED) is 0.816. The maximum Gasteiger partial charge on any atom is 0.250 e. The Bertz CT molecular complexity index is 475. The molecule has 17 heavy (non-hydrogen) atoms. The summed E-state index contributed by atoms with van der Waals surface area (Å²) in [5.41, 5.74) is 0.303. The normalized spacial score (nSPS) is 15.8. The summed E-state index contributed by atoms with van der Waals surface area (Å²) in [5.74, 6) is 0. The third-order valence-corrected chi connectivity index (χ3v) is 7.46. The van der Waals surface area contributed by atoms with E-state index in [-0.39, 0.29) is 4.21 Å². The van der Waals surface area contributed by atoms with Crippen LogP contribution in [0.1, 0.15) is 25.8 Å². The van der Waals surface area contributed by atoms with Crippen molar-refractivity contribution in [3.63, 3.8) is 0 Å². The molecule has 3 nitrogen and oxygen atoms in total. The molecule has 1 unspecified atom stereocenters. The lowest BCUT2D eigenvalue weighted by Crippen LogP contribution is -2.46. The van der Waals surface area contributed by atoms with Gasteiger partial charge in [-0.2, -0.15) is 0 Å². The van der Waals surface area contributed by atoms with E-state index in [2.05, 4.69) is 20.7 Å². The van der Waals surface area contributed by atoms with Gasteiger partial charge in [-0.25, -0.2) is 13.1 Å². The second-order valence-electron chi connectivity index (χ2n) is 4.18. The Labute approximate surface area is 120 Å². The lowest BCUT2D eigenvalue weighted by Gasteiger charge is -2.26. The van der Waals surface area contributed by atoms with E-state index in [1.807, 2.05) is 13.8 Å². The molecule has 0 bridgehead atoms. The van der Waals surface area contributed by atoms with Crippen molar-refractivity contribution in [2.24, 2.45) is 0 Å². The summed E-state index contributed by atoms with van der Waals surface area (Å²) in [6.07, 6.45) is 0.704. The first-order chi connectivity index (χ1) is 7.74. The summed E-state index contributed by atoms with van der Waals surface area (Å²) in [6, 6.07) is 1.60. The van der Waals surface area contributed by atoms with Gasteiger partial charge >= 0.3 is 0 Å². The highest BCUT2D eigenvalue weighted by molar-refractivity contribution is 9.09. The zero-order valence-electron chi connectivity index (χ0n) is 9.88. The molecule has 0 aromatic carbocycles. The van der Waals surface area contributed by atoms with Gasteiger partial charge in [-0.05, 0) is 31.9 Å². The van der Waals surface area contributed by atoms with Gasteiger partial charge in [0.15, 0.2) is 0 Å². The van der Waals surface area contributed by atoms with Crippen LogP contribution in [-0.2, 0) is 10.0 Å². The smallest absolute Gasteiger partial charge is 0.206 e. The third-order valence-electron chi connectivity index (χ3n) is 2.56. The summed E-state index contributed by atoms with van der Waals surface area (Å²) in [7, 11) is -3.49. The molecule has 7 heteroatoms. The van der Waals surface area contributed by atoms with E-state index in [1.165, 1.54) is 0 Å². The molecule has 1 rings (SSSR count). The van der Waals surface area contributed by atoms with E-state index < -0.39 is 15.6 Å². The molecule has 0 amide bonds. The standard InChI is InChI=1S/C10H15BrClNO2S2/c1-4-10(3,6-11)13-17(14,15)8-5-7(2)9(12)16-8/h5,13H,4,6H2,1-3H3. The van der Waals surface area contributed by atoms with Crippen molar-refractivity contribution in [1.82, 2.24) is 4.72 Å². The van der Waals surface area contributed by atoms with Gasteiger partial charge in [-0.15, -0.1) is 11.3 Å². The van der Waals surface area contributed by atoms with Crippen LogP contribution in [0.3, 0.4) is 0 Å². The Morgan fingerprint density at radius 3 is 2.53 bits per heavy atom. The number of nitrogens with one attached hydrogen (secondary N) is 1. The fraction of sp³-hybridized carbons (Fsp3) is 0.600. The first-order valence-electron chi connectivity index (χ1n) is 5.10. The molecule has 0 fully saturated rings. The van der Waals surface area contributed by atoms with Crippen LogP contribution in [-0.4, -0.2) is 19.3 Å². The molecule has 0 spiro atoms. The van der Waals surface area contributed by atoms with Crippen molar-refractivity contribution in [3.05, 3.63) is 16.0 Å². The molecule has 1 aromatic rings. The highest BCUT2D eigenvalue weighted by atomic mass is 79.9. The van der Waals surface area contributed by atoms with E-state index in [4.69, 9.17) is 11.6 Å². The van der Waals surface area contributed by atoms with Gasteiger partial charge in [0, 0.05) is 10.9 Å². The highest BCUT2D eigenvalue weighted by Crippen LogP contribution is 2.31. The molecule has 1 aromatic heterocycles. The number of halogens is 2. The Kier molecular flexibility index (Phi) is 5.06. The van der Waals surface area contributed by atoms with Crippen LogP contribution >= 0.6 is 38.9 Å². The van der Waals surface area contributed by atoms with Gasteiger partial charge in [-0.1, -0.05) is 34.5 Å². The minimum absolute atomic E-state index is 0.264. The molecule has 0 aliphatic carbocycles. The van der Waals surface area contributed by atoms with Gasteiger partial charge < -0.3 is 0 Å². The Balaban J connectivity index is 3.04. The SMILES string of the molecule is CCC(C)(CBr)NS(=O)(=O)c1cc(C)c(Cl)s1. The largest absolute Gasteiger partial charge is 0.250 e. The molecule has 98 valence electrons. The second-order valence-corrected chi connectivity index (χ2v) is 8.30. The van der Waals surface area contributed by atoms with Crippen LogP contribution in [0.4, 0.5) is 0 Å². The predicted octanol–water partition coefficient (Wildman–Crippen LogP) is 3.55. The first-order valence-corrected chi connectivity index (χ1v) is 8.90. The zero-order valence-corrected chi connectivity index (χ0v) is 13.9. The summed E-state index contributed by atoms with van der Waals surface area (Å²) < 4.78 is 27.8. The number of hydrogen-bond donors (Lipinski definition) is 1. The Morgan fingerprint density at radius 2 is 2.18 bits per heavy atom. The number of sulfonamides is 1. The number of hydrogen-bond acceptors (Lipinski definition) is 3. The lowest BCUT2D eigenvalue weighted by atomic mass is 10.0. The van der Waals surface area contributed by atoms with Gasteiger partial charge in [-0.3, -0.25) is 0 Å². The molecule has 0 aliphatic heterocycles. The van der Waals surface area contributed by atoms with E-state index in [0.29, 0.717) is 16.1 Å². The maximum atomic E-state index is 12.2. The maximum absolute atomic E-state index is 12.2. The Morgan fingerprint density at radius 1 is 1.59 bits per heavy atom. The monoisotopic (exact) mass is 359 g/mol. The molecule has 1 N–H and O–H groups in total. The zero-order chi connectivity index (χ0) is 13.3. The minimum atomic E-state index is -3.49. The molecule has 1 atom stereocenters. The van der Waals surface area contributed by atoms with Gasteiger partial charge in [0.25, 0.3) is 10.0 Å². The van der Waals surface area contributed by atoms with Gasteiger partial charge in [0.1, 0.15) is 4.21 Å². The van der Waals surface area contributed by atoms with E-state index in [0.717, 1.165) is 16.9 Å². The molecular formula is C10H15BrClNO2S2. The summed E-state index contributed by atoms with van der Waals surface area (Å²) >= 11 is 10.3. The van der Waals surface area contributed by atoms with E-state index >= 15 is 0 Å². The van der Waals surface area contributed by atoms with E-state index in [9.17, 15) is 8.42 Å². The van der Waals surface area contributed by atoms with Crippen LogP contribution in [0.5, 0.6) is 0 Å². The number of rotatable bonds is 5. The van der Waals surface area contributed by atoms with Crippen LogP contribution in [0.25, 0.3) is 0 Å². The Hall–Kier alpha value is 0.380. The van der Waals surface area contributed by atoms with Crippen LogP contribution < -0.4 is 4.72 Å². The summed E-state index contributed by atoms with van der Waals surface area (Å²) in [6.45, 7) is 5.60. The molecule has 1 heterocycles. The van der Waals surface area contributed by atoms with Crippen molar-refractivity contribution in [1.29, 1.82) is 0 Å². The molecule has 0 saturated carbocycles. The molecule has 0 saturated heterocycles. The molecular weight excluding hydrogens is 346 g/mol. The van der Waals surface area contributed by atoms with Gasteiger partial charge in [0.2, 0.25) is 0 Å². The van der Waals surface area contributed by atoms with Crippen molar-refractivity contribution in [2.75, 3.05) is 5.33 Å². The molecule has 0 aliphatic rings. The second kappa shape index (κ2) is 5.57. The van der Waals surface area contributed by atoms with Crippen molar-refractivity contribution < 1.29 is 8.42 Å². The number of aryl methyl sites for hydroxylation is 1. The average Bonchev–Trinajstić information content (AvgIpc) is 2.59. The number of alkyl halides is 1. The van der Waals surface area contributed by atoms with Crippen molar-refractivity contribution in [2.45, 2.75) is 36.9 Å². The third kappa shape index (κ3) is 3.67. The van der Waals surface area contributed by atoms with Crippen LogP contribution in [0, 0.1) is 6.92 Å². The predicted molar refractivity (Wildman–Crippen MR) is 76.9 cm³/mol. The van der Waals surface area contributed by atoms with Gasteiger partial charge in [0.05, 0.1) is 4.34 Å². The highest BCUT2D eigenvalue weighted by Gasteiger charge is 2.29. The van der Waals surface area contributed by atoms with Crippen LogP contribution in [0.15, 0.2) is 10.3 Å². The fourth-order valence-electron chi connectivity index (χ4n) is 1.13. The lowest BCUT2D eigenvalue weighted by molar-refractivity contribution is 0.450. The van der Waals surface area contributed by atoms with Crippen molar-refractivity contribution >= 4 is 48.9 Å². The average molecular weight is 361 g/mol.